The molecule has 1 aliphatic rings. The van der Waals surface area contributed by atoms with Crippen LogP contribution in [0.1, 0.15) is 30.5 Å². The maximum absolute atomic E-state index is 4.55. The van der Waals surface area contributed by atoms with Crippen molar-refractivity contribution in [1.82, 2.24) is 15.2 Å². The van der Waals surface area contributed by atoms with E-state index in [0.29, 0.717) is 6.04 Å². The SMILES string of the molecule is CC(C)(c1nccs1)N1CCNCC1c1ccccc1. The number of hydrogen-bond acceptors (Lipinski definition) is 4. The van der Waals surface area contributed by atoms with E-state index in [9.17, 15) is 0 Å². The zero-order valence-corrected chi connectivity index (χ0v) is 12.9. The summed E-state index contributed by atoms with van der Waals surface area (Å²) in [7, 11) is 0. The van der Waals surface area contributed by atoms with Crippen molar-refractivity contribution in [2.24, 2.45) is 0 Å². The monoisotopic (exact) mass is 287 g/mol. The van der Waals surface area contributed by atoms with Gasteiger partial charge in [-0.1, -0.05) is 30.3 Å². The number of thiazole rings is 1. The Hall–Kier alpha value is -1.23. The van der Waals surface area contributed by atoms with Crippen molar-refractivity contribution < 1.29 is 0 Å². The minimum Gasteiger partial charge on any atom is -0.314 e. The molecule has 0 spiro atoms. The predicted octanol–water partition coefficient (Wildman–Crippen LogP) is 3.02. The summed E-state index contributed by atoms with van der Waals surface area (Å²) >= 11 is 1.75. The van der Waals surface area contributed by atoms with E-state index in [1.54, 1.807) is 11.3 Å². The molecular weight excluding hydrogens is 266 g/mol. The quantitative estimate of drug-likeness (QED) is 0.940. The van der Waals surface area contributed by atoms with E-state index in [1.807, 2.05) is 6.20 Å². The van der Waals surface area contributed by atoms with Crippen LogP contribution in [0.25, 0.3) is 0 Å². The highest BCUT2D eigenvalue weighted by Crippen LogP contribution is 2.36. The van der Waals surface area contributed by atoms with Gasteiger partial charge in [-0.3, -0.25) is 4.90 Å². The largest absolute Gasteiger partial charge is 0.314 e. The molecule has 1 fully saturated rings. The van der Waals surface area contributed by atoms with Gasteiger partial charge in [0, 0.05) is 37.3 Å². The van der Waals surface area contributed by atoms with Gasteiger partial charge in [0.2, 0.25) is 0 Å². The Kier molecular flexibility index (Phi) is 3.87. The first-order valence-corrected chi connectivity index (χ1v) is 8.00. The summed E-state index contributed by atoms with van der Waals surface area (Å²) in [4.78, 5) is 7.13. The third-order valence-corrected chi connectivity index (χ3v) is 5.19. The first-order valence-electron chi connectivity index (χ1n) is 7.12. The first-order chi connectivity index (χ1) is 9.69. The molecule has 0 radical (unpaired) electrons. The van der Waals surface area contributed by atoms with E-state index in [2.05, 4.69) is 64.8 Å². The molecule has 1 unspecified atom stereocenters. The highest BCUT2D eigenvalue weighted by molar-refractivity contribution is 7.09. The van der Waals surface area contributed by atoms with Crippen molar-refractivity contribution in [2.75, 3.05) is 19.6 Å². The van der Waals surface area contributed by atoms with Crippen molar-refractivity contribution in [3.63, 3.8) is 0 Å². The molecule has 106 valence electrons. The van der Waals surface area contributed by atoms with Gasteiger partial charge in [-0.15, -0.1) is 11.3 Å². The summed E-state index contributed by atoms with van der Waals surface area (Å²) < 4.78 is 0. The molecule has 3 nitrogen and oxygen atoms in total. The fourth-order valence-corrected chi connectivity index (χ4v) is 3.77. The number of nitrogens with one attached hydrogen (secondary N) is 1. The van der Waals surface area contributed by atoms with Crippen molar-refractivity contribution in [1.29, 1.82) is 0 Å². The van der Waals surface area contributed by atoms with Gasteiger partial charge in [0.1, 0.15) is 5.01 Å². The maximum atomic E-state index is 4.55. The lowest BCUT2D eigenvalue weighted by Gasteiger charge is -2.45. The van der Waals surface area contributed by atoms with Crippen LogP contribution >= 0.6 is 11.3 Å². The Morgan fingerprint density at radius 2 is 2.10 bits per heavy atom. The summed E-state index contributed by atoms with van der Waals surface area (Å²) in [5.74, 6) is 0. The summed E-state index contributed by atoms with van der Waals surface area (Å²) in [6, 6.07) is 11.2. The molecule has 2 heterocycles. The van der Waals surface area contributed by atoms with Crippen LogP contribution in [0.15, 0.2) is 41.9 Å². The fraction of sp³-hybridized carbons (Fsp3) is 0.438. The minimum absolute atomic E-state index is 0.0310. The molecule has 0 amide bonds. The van der Waals surface area contributed by atoms with Crippen LogP contribution in [0.5, 0.6) is 0 Å². The summed E-state index contributed by atoms with van der Waals surface area (Å²) in [5, 5.41) is 6.78. The number of benzene rings is 1. The summed E-state index contributed by atoms with van der Waals surface area (Å²) in [6.07, 6.45) is 1.90. The van der Waals surface area contributed by atoms with E-state index in [-0.39, 0.29) is 5.54 Å². The molecule has 20 heavy (non-hydrogen) atoms. The molecule has 0 saturated carbocycles. The molecule has 1 aromatic carbocycles. The molecule has 1 atom stereocenters. The van der Waals surface area contributed by atoms with E-state index >= 15 is 0 Å². The van der Waals surface area contributed by atoms with Crippen molar-refractivity contribution >= 4 is 11.3 Å². The van der Waals surface area contributed by atoms with E-state index < -0.39 is 0 Å². The number of aromatic nitrogens is 1. The Morgan fingerprint density at radius 1 is 1.30 bits per heavy atom. The van der Waals surface area contributed by atoms with Crippen molar-refractivity contribution in [2.45, 2.75) is 25.4 Å². The molecule has 4 heteroatoms. The van der Waals surface area contributed by atoms with Crippen LogP contribution in [0.3, 0.4) is 0 Å². The Balaban J connectivity index is 1.93. The van der Waals surface area contributed by atoms with Crippen LogP contribution in [-0.4, -0.2) is 29.5 Å². The Labute approximate surface area is 124 Å². The second kappa shape index (κ2) is 5.64. The van der Waals surface area contributed by atoms with Gasteiger partial charge in [-0.25, -0.2) is 4.98 Å². The van der Waals surface area contributed by atoms with Gasteiger partial charge >= 0.3 is 0 Å². The highest BCUT2D eigenvalue weighted by atomic mass is 32.1. The number of rotatable bonds is 3. The topological polar surface area (TPSA) is 28.2 Å². The summed E-state index contributed by atoms with van der Waals surface area (Å²) in [5.41, 5.74) is 1.35. The molecule has 0 aliphatic carbocycles. The van der Waals surface area contributed by atoms with Crippen molar-refractivity contribution in [3.05, 3.63) is 52.5 Å². The standard InChI is InChI=1S/C16H21N3S/c1-16(2,15-18-9-11-20-15)19-10-8-17-12-14(19)13-6-4-3-5-7-13/h3-7,9,11,14,17H,8,10,12H2,1-2H3. The normalized spacial score (nSPS) is 21.0. The van der Waals surface area contributed by atoms with Crippen molar-refractivity contribution in [3.8, 4) is 0 Å². The lowest BCUT2D eigenvalue weighted by atomic mass is 9.95. The predicted molar refractivity (Wildman–Crippen MR) is 83.9 cm³/mol. The average molecular weight is 287 g/mol. The van der Waals surface area contributed by atoms with Gasteiger partial charge in [0.25, 0.3) is 0 Å². The van der Waals surface area contributed by atoms with Crippen LogP contribution in [0.4, 0.5) is 0 Å². The molecular formula is C16H21N3S. The minimum atomic E-state index is -0.0310. The molecule has 1 aromatic heterocycles. The second-order valence-corrected chi connectivity index (χ2v) is 6.61. The first kappa shape index (κ1) is 13.7. The van der Waals surface area contributed by atoms with E-state index in [1.165, 1.54) is 10.6 Å². The molecule has 2 aromatic rings. The fourth-order valence-electron chi connectivity index (χ4n) is 2.99. The molecule has 3 rings (SSSR count). The van der Waals surface area contributed by atoms with E-state index in [0.717, 1.165) is 19.6 Å². The smallest absolute Gasteiger partial charge is 0.112 e. The third-order valence-electron chi connectivity index (χ3n) is 4.10. The van der Waals surface area contributed by atoms with Crippen LogP contribution < -0.4 is 5.32 Å². The Morgan fingerprint density at radius 3 is 2.80 bits per heavy atom. The third kappa shape index (κ3) is 2.51. The zero-order chi connectivity index (χ0) is 14.0. The Bertz CT molecular complexity index is 536. The van der Waals surface area contributed by atoms with Gasteiger partial charge in [-0.2, -0.15) is 0 Å². The maximum Gasteiger partial charge on any atom is 0.112 e. The van der Waals surface area contributed by atoms with Gasteiger partial charge in [0.05, 0.1) is 5.54 Å². The highest BCUT2D eigenvalue weighted by Gasteiger charge is 2.37. The second-order valence-electron chi connectivity index (χ2n) is 5.72. The number of hydrogen-bond donors (Lipinski definition) is 1. The molecule has 1 saturated heterocycles. The van der Waals surface area contributed by atoms with Gasteiger partial charge in [0.15, 0.2) is 0 Å². The molecule has 1 aliphatic heterocycles. The van der Waals surface area contributed by atoms with Crippen LogP contribution in [0, 0.1) is 0 Å². The lowest BCUT2D eigenvalue weighted by molar-refractivity contribution is 0.0458. The van der Waals surface area contributed by atoms with Crippen LogP contribution in [-0.2, 0) is 5.54 Å². The number of piperazine rings is 1. The molecule has 1 N–H and O–H groups in total. The van der Waals surface area contributed by atoms with Gasteiger partial charge in [-0.05, 0) is 19.4 Å². The van der Waals surface area contributed by atoms with Crippen LogP contribution in [0.2, 0.25) is 0 Å². The lowest BCUT2D eigenvalue weighted by Crippen LogP contribution is -2.53. The number of nitrogens with zero attached hydrogens (tertiary/aromatic N) is 2. The summed E-state index contributed by atoms with van der Waals surface area (Å²) in [6.45, 7) is 7.66. The van der Waals surface area contributed by atoms with Gasteiger partial charge < -0.3 is 5.32 Å². The van der Waals surface area contributed by atoms with E-state index in [4.69, 9.17) is 0 Å². The average Bonchev–Trinajstić information content (AvgIpc) is 3.03. The zero-order valence-electron chi connectivity index (χ0n) is 12.0. The molecule has 0 bridgehead atoms.